The van der Waals surface area contributed by atoms with E-state index in [4.69, 9.17) is 4.74 Å². The van der Waals surface area contributed by atoms with Gasteiger partial charge < -0.3 is 14.6 Å². The molecule has 2 heterocycles. The molecule has 4 rings (SSSR count). The minimum atomic E-state index is 0.127. The predicted molar refractivity (Wildman–Crippen MR) is 90.5 cm³/mol. The van der Waals surface area contributed by atoms with Gasteiger partial charge in [0.2, 0.25) is 0 Å². The highest BCUT2D eigenvalue weighted by Crippen LogP contribution is 2.46. The van der Waals surface area contributed by atoms with E-state index in [1.165, 1.54) is 19.3 Å². The molecule has 0 bridgehead atoms. The molecule has 1 N–H and O–H groups in total. The van der Waals surface area contributed by atoms with Gasteiger partial charge in [0.1, 0.15) is 5.69 Å². The molecular weight excluding hydrogens is 288 g/mol. The molecule has 1 aliphatic heterocycles. The number of ether oxygens (including phenoxy) is 1. The number of amides is 1. The highest BCUT2D eigenvalue weighted by atomic mass is 16.5. The monoisotopic (exact) mass is 312 g/mol. The first-order valence-electron chi connectivity index (χ1n) is 8.62. The Morgan fingerprint density at radius 2 is 2.13 bits per heavy atom. The van der Waals surface area contributed by atoms with Gasteiger partial charge in [0, 0.05) is 36.5 Å². The molecule has 0 unspecified atom stereocenters. The number of nitrogens with zero attached hydrogens (tertiary/aromatic N) is 1. The third kappa shape index (κ3) is 2.45. The van der Waals surface area contributed by atoms with Crippen LogP contribution in [0.25, 0.3) is 10.9 Å². The molecule has 122 valence electrons. The summed E-state index contributed by atoms with van der Waals surface area (Å²) >= 11 is 0. The molecule has 0 radical (unpaired) electrons. The lowest BCUT2D eigenvalue weighted by Gasteiger charge is -2.43. The van der Waals surface area contributed by atoms with E-state index < -0.39 is 0 Å². The van der Waals surface area contributed by atoms with E-state index in [1.807, 2.05) is 42.3 Å². The number of aromatic nitrogens is 1. The summed E-state index contributed by atoms with van der Waals surface area (Å²) < 4.78 is 5.74. The molecule has 2 aliphatic rings. The van der Waals surface area contributed by atoms with Crippen LogP contribution in [0.3, 0.4) is 0 Å². The van der Waals surface area contributed by atoms with Crippen LogP contribution in [0, 0.1) is 5.41 Å². The maximum absolute atomic E-state index is 13.0. The molecule has 2 atom stereocenters. The molecule has 1 aromatic heterocycles. The second kappa shape index (κ2) is 5.68. The number of carbonyl (C=O) groups is 1. The SMILES string of the molecule is CO[C@@H]1CCC[C@@]12CCCN(C(=O)c1cc3ccccc3[nH]1)C2. The molecule has 1 saturated heterocycles. The van der Waals surface area contributed by atoms with E-state index in [2.05, 4.69) is 4.98 Å². The number of rotatable bonds is 2. The maximum atomic E-state index is 13.0. The standard InChI is InChI=1S/C19H24N2O2/c1-23-17-8-4-9-19(17)10-5-11-21(13-19)18(22)16-12-14-6-2-3-7-15(14)20-16/h2-3,6-7,12,17,20H,4-5,8-11,13H2,1H3/t17-,19+/m1/s1. The fourth-order valence-electron chi connectivity index (χ4n) is 4.63. The number of likely N-dealkylation sites (tertiary alicyclic amines) is 1. The zero-order valence-corrected chi connectivity index (χ0v) is 13.7. The summed E-state index contributed by atoms with van der Waals surface area (Å²) in [6, 6.07) is 10.0. The molecular formula is C19H24N2O2. The minimum Gasteiger partial charge on any atom is -0.381 e. The number of hydrogen-bond acceptors (Lipinski definition) is 2. The summed E-state index contributed by atoms with van der Waals surface area (Å²) in [5.74, 6) is 0.127. The number of piperidine rings is 1. The Labute approximate surface area is 136 Å². The van der Waals surface area contributed by atoms with Crippen LogP contribution in [0.2, 0.25) is 0 Å². The van der Waals surface area contributed by atoms with Crippen LogP contribution in [-0.2, 0) is 4.74 Å². The second-order valence-electron chi connectivity index (χ2n) is 7.08. The van der Waals surface area contributed by atoms with Gasteiger partial charge in [0.25, 0.3) is 5.91 Å². The predicted octanol–water partition coefficient (Wildman–Crippen LogP) is 3.59. The topological polar surface area (TPSA) is 45.3 Å². The average molecular weight is 312 g/mol. The van der Waals surface area contributed by atoms with Crippen molar-refractivity contribution in [2.75, 3.05) is 20.2 Å². The van der Waals surface area contributed by atoms with Crippen molar-refractivity contribution in [3.05, 3.63) is 36.0 Å². The van der Waals surface area contributed by atoms with Crippen LogP contribution in [0.5, 0.6) is 0 Å². The Hall–Kier alpha value is -1.81. The summed E-state index contributed by atoms with van der Waals surface area (Å²) in [5, 5.41) is 1.10. The number of nitrogens with one attached hydrogen (secondary N) is 1. The number of para-hydroxylation sites is 1. The molecule has 1 amide bonds. The van der Waals surface area contributed by atoms with Crippen LogP contribution in [0.15, 0.2) is 30.3 Å². The Morgan fingerprint density at radius 1 is 1.30 bits per heavy atom. The van der Waals surface area contributed by atoms with E-state index in [-0.39, 0.29) is 11.3 Å². The fourth-order valence-corrected chi connectivity index (χ4v) is 4.63. The zero-order valence-electron chi connectivity index (χ0n) is 13.7. The van der Waals surface area contributed by atoms with Crippen molar-refractivity contribution in [2.24, 2.45) is 5.41 Å². The van der Waals surface area contributed by atoms with E-state index in [1.54, 1.807) is 0 Å². The number of carbonyl (C=O) groups excluding carboxylic acids is 1. The van der Waals surface area contributed by atoms with Crippen molar-refractivity contribution in [1.82, 2.24) is 9.88 Å². The lowest BCUT2D eigenvalue weighted by atomic mass is 9.76. The molecule has 23 heavy (non-hydrogen) atoms. The number of methoxy groups -OCH3 is 1. The van der Waals surface area contributed by atoms with E-state index in [0.717, 1.165) is 36.8 Å². The van der Waals surface area contributed by atoms with Crippen LogP contribution in [0.1, 0.15) is 42.6 Å². The highest BCUT2D eigenvalue weighted by Gasteiger charge is 2.46. The van der Waals surface area contributed by atoms with Crippen molar-refractivity contribution in [2.45, 2.75) is 38.2 Å². The van der Waals surface area contributed by atoms with Crippen LogP contribution >= 0.6 is 0 Å². The molecule has 4 heteroatoms. The first-order valence-corrected chi connectivity index (χ1v) is 8.62. The van der Waals surface area contributed by atoms with Gasteiger partial charge in [-0.2, -0.15) is 0 Å². The van der Waals surface area contributed by atoms with Crippen molar-refractivity contribution in [3.8, 4) is 0 Å². The van der Waals surface area contributed by atoms with Gasteiger partial charge in [0.15, 0.2) is 0 Å². The summed E-state index contributed by atoms with van der Waals surface area (Å²) in [6.07, 6.45) is 6.09. The Balaban J connectivity index is 1.58. The smallest absolute Gasteiger partial charge is 0.270 e. The van der Waals surface area contributed by atoms with Gasteiger partial charge in [-0.1, -0.05) is 24.6 Å². The zero-order chi connectivity index (χ0) is 15.9. The van der Waals surface area contributed by atoms with Crippen molar-refractivity contribution >= 4 is 16.8 Å². The van der Waals surface area contributed by atoms with Crippen LogP contribution in [-0.4, -0.2) is 42.1 Å². The number of aromatic amines is 1. The molecule has 1 saturated carbocycles. The lowest BCUT2D eigenvalue weighted by Crippen LogP contribution is -2.49. The largest absolute Gasteiger partial charge is 0.381 e. The molecule has 2 fully saturated rings. The van der Waals surface area contributed by atoms with E-state index >= 15 is 0 Å². The minimum absolute atomic E-state index is 0.127. The number of hydrogen-bond donors (Lipinski definition) is 1. The molecule has 1 aromatic carbocycles. The summed E-state index contributed by atoms with van der Waals surface area (Å²) in [7, 11) is 1.82. The Kier molecular flexibility index (Phi) is 3.64. The Morgan fingerprint density at radius 3 is 2.96 bits per heavy atom. The first-order chi connectivity index (χ1) is 11.2. The van der Waals surface area contributed by atoms with Crippen LogP contribution < -0.4 is 0 Å². The quantitative estimate of drug-likeness (QED) is 0.921. The lowest BCUT2D eigenvalue weighted by molar-refractivity contribution is -0.0296. The summed E-state index contributed by atoms with van der Waals surface area (Å²) in [5.41, 5.74) is 1.91. The third-order valence-corrected chi connectivity index (χ3v) is 5.76. The normalized spacial score (nSPS) is 27.9. The highest BCUT2D eigenvalue weighted by molar-refractivity contribution is 5.98. The van der Waals surface area contributed by atoms with Gasteiger partial charge in [-0.05, 0) is 37.8 Å². The van der Waals surface area contributed by atoms with Gasteiger partial charge in [-0.15, -0.1) is 0 Å². The fraction of sp³-hybridized carbons (Fsp3) is 0.526. The van der Waals surface area contributed by atoms with Crippen molar-refractivity contribution < 1.29 is 9.53 Å². The van der Waals surface area contributed by atoms with Gasteiger partial charge in [0.05, 0.1) is 6.10 Å². The summed E-state index contributed by atoms with van der Waals surface area (Å²) in [4.78, 5) is 18.3. The Bertz CT molecular complexity index is 690. The van der Waals surface area contributed by atoms with Crippen molar-refractivity contribution in [3.63, 3.8) is 0 Å². The van der Waals surface area contributed by atoms with Gasteiger partial charge in [-0.25, -0.2) is 0 Å². The molecule has 2 aromatic rings. The van der Waals surface area contributed by atoms with Crippen molar-refractivity contribution in [1.29, 1.82) is 0 Å². The molecule has 4 nitrogen and oxygen atoms in total. The number of benzene rings is 1. The maximum Gasteiger partial charge on any atom is 0.270 e. The van der Waals surface area contributed by atoms with Gasteiger partial charge in [-0.3, -0.25) is 4.79 Å². The van der Waals surface area contributed by atoms with Crippen LogP contribution in [0.4, 0.5) is 0 Å². The number of fused-ring (bicyclic) bond motifs is 1. The molecule has 1 aliphatic carbocycles. The molecule has 1 spiro atoms. The first kappa shape index (κ1) is 14.8. The average Bonchev–Trinajstić information content (AvgIpc) is 3.18. The second-order valence-corrected chi connectivity index (χ2v) is 7.08. The number of H-pyrrole nitrogens is 1. The summed E-state index contributed by atoms with van der Waals surface area (Å²) in [6.45, 7) is 1.69. The third-order valence-electron chi connectivity index (χ3n) is 5.76. The van der Waals surface area contributed by atoms with E-state index in [9.17, 15) is 4.79 Å². The van der Waals surface area contributed by atoms with Gasteiger partial charge >= 0.3 is 0 Å². The van der Waals surface area contributed by atoms with E-state index in [0.29, 0.717) is 11.8 Å².